The molecule has 0 amide bonds. The van der Waals surface area contributed by atoms with Crippen molar-refractivity contribution < 1.29 is 0 Å². The quantitative estimate of drug-likeness (QED) is 0.878. The molecule has 0 aliphatic heterocycles. The van der Waals surface area contributed by atoms with Crippen LogP contribution < -0.4 is 5.73 Å². The highest BCUT2D eigenvalue weighted by Crippen LogP contribution is 2.23. The first kappa shape index (κ1) is 11.6. The molecule has 1 heterocycles. The second-order valence-corrected chi connectivity index (χ2v) is 4.03. The Morgan fingerprint density at radius 2 is 2.29 bits per heavy atom. The monoisotopic (exact) mass is 247 g/mol. The zero-order valence-corrected chi connectivity index (χ0v) is 9.89. The van der Waals surface area contributed by atoms with Gasteiger partial charge in [-0.2, -0.15) is 5.26 Å². The summed E-state index contributed by atoms with van der Waals surface area (Å²) in [6.07, 6.45) is 1.47. The zero-order valence-electron chi connectivity index (χ0n) is 9.13. The lowest BCUT2D eigenvalue weighted by atomic mass is 10.1. The molecule has 0 saturated carbocycles. The van der Waals surface area contributed by atoms with Crippen LogP contribution in [0.15, 0.2) is 24.5 Å². The maximum Gasteiger partial charge on any atom is 0.252 e. The molecule has 2 aromatic rings. The van der Waals surface area contributed by atoms with Crippen molar-refractivity contribution in [2.75, 3.05) is 0 Å². The van der Waals surface area contributed by atoms with Crippen LogP contribution in [0.5, 0.6) is 0 Å². The summed E-state index contributed by atoms with van der Waals surface area (Å²) >= 11 is 6.11. The van der Waals surface area contributed by atoms with Gasteiger partial charge >= 0.3 is 0 Å². The lowest BCUT2D eigenvalue weighted by Gasteiger charge is -2.09. The first-order valence-corrected chi connectivity index (χ1v) is 5.37. The van der Waals surface area contributed by atoms with Crippen molar-refractivity contribution in [3.63, 3.8) is 0 Å². The van der Waals surface area contributed by atoms with E-state index in [1.54, 1.807) is 6.07 Å². The minimum atomic E-state index is -0.123. The third-order valence-corrected chi connectivity index (χ3v) is 2.66. The van der Waals surface area contributed by atoms with Gasteiger partial charge in [-0.3, -0.25) is 0 Å². The van der Waals surface area contributed by atoms with Crippen LogP contribution in [0.25, 0.3) is 5.69 Å². The fourth-order valence-electron chi connectivity index (χ4n) is 1.47. The molecule has 2 N–H and O–H groups in total. The molecule has 0 aliphatic carbocycles. The SMILES string of the molecule is CC(N)c1ccc(-n2cnc(C#N)n2)cc1Cl. The number of nitrogens with two attached hydrogens (primary N) is 1. The van der Waals surface area contributed by atoms with Crippen molar-refractivity contribution in [1.29, 1.82) is 5.26 Å². The van der Waals surface area contributed by atoms with Crippen molar-refractivity contribution in [3.05, 3.63) is 40.9 Å². The summed E-state index contributed by atoms with van der Waals surface area (Å²) in [6.45, 7) is 1.87. The lowest BCUT2D eigenvalue weighted by molar-refractivity contribution is 0.814. The Hall–Kier alpha value is -1.90. The molecule has 0 saturated heterocycles. The molecule has 2 rings (SSSR count). The molecule has 0 spiro atoms. The molecule has 0 radical (unpaired) electrons. The van der Waals surface area contributed by atoms with E-state index in [1.165, 1.54) is 11.0 Å². The highest BCUT2D eigenvalue weighted by molar-refractivity contribution is 6.31. The van der Waals surface area contributed by atoms with Gasteiger partial charge in [-0.05, 0) is 24.6 Å². The van der Waals surface area contributed by atoms with Gasteiger partial charge in [0.1, 0.15) is 12.4 Å². The van der Waals surface area contributed by atoms with Gasteiger partial charge in [0.25, 0.3) is 5.82 Å². The van der Waals surface area contributed by atoms with Crippen molar-refractivity contribution in [1.82, 2.24) is 14.8 Å². The largest absolute Gasteiger partial charge is 0.324 e. The topological polar surface area (TPSA) is 80.5 Å². The molecule has 86 valence electrons. The molecular weight excluding hydrogens is 238 g/mol. The molecule has 6 heteroatoms. The Morgan fingerprint density at radius 1 is 1.53 bits per heavy atom. The number of hydrogen-bond donors (Lipinski definition) is 1. The van der Waals surface area contributed by atoms with Gasteiger partial charge < -0.3 is 5.73 Å². The summed E-state index contributed by atoms with van der Waals surface area (Å²) in [6, 6.07) is 7.17. The van der Waals surface area contributed by atoms with Crippen LogP contribution in [-0.2, 0) is 0 Å². The minimum Gasteiger partial charge on any atom is -0.324 e. The number of nitriles is 1. The predicted molar refractivity (Wildman–Crippen MR) is 63.7 cm³/mol. The second-order valence-electron chi connectivity index (χ2n) is 3.62. The van der Waals surface area contributed by atoms with Gasteiger partial charge in [0, 0.05) is 11.1 Å². The first-order valence-electron chi connectivity index (χ1n) is 4.99. The van der Waals surface area contributed by atoms with Crippen molar-refractivity contribution >= 4 is 11.6 Å². The summed E-state index contributed by atoms with van der Waals surface area (Å²) in [5.74, 6) is 0.123. The molecule has 1 aromatic carbocycles. The molecule has 0 fully saturated rings. The van der Waals surface area contributed by atoms with Crippen LogP contribution in [0, 0.1) is 11.3 Å². The van der Waals surface area contributed by atoms with E-state index >= 15 is 0 Å². The van der Waals surface area contributed by atoms with Crippen LogP contribution in [0.4, 0.5) is 0 Å². The molecule has 0 bridgehead atoms. The normalized spacial score (nSPS) is 12.1. The highest BCUT2D eigenvalue weighted by Gasteiger charge is 2.08. The van der Waals surface area contributed by atoms with Crippen LogP contribution in [-0.4, -0.2) is 14.8 Å². The second kappa shape index (κ2) is 4.53. The number of benzene rings is 1. The Kier molecular flexibility index (Phi) is 3.09. The molecule has 1 aromatic heterocycles. The maximum atomic E-state index is 8.64. The van der Waals surface area contributed by atoms with Gasteiger partial charge in [-0.25, -0.2) is 9.67 Å². The van der Waals surface area contributed by atoms with E-state index in [0.29, 0.717) is 5.02 Å². The molecule has 17 heavy (non-hydrogen) atoms. The van der Waals surface area contributed by atoms with E-state index in [4.69, 9.17) is 22.6 Å². The van der Waals surface area contributed by atoms with Crippen LogP contribution in [0.2, 0.25) is 5.02 Å². The summed E-state index contributed by atoms with van der Waals surface area (Å²) in [5.41, 5.74) is 7.38. The van der Waals surface area contributed by atoms with E-state index in [-0.39, 0.29) is 11.9 Å². The Labute approximate surface area is 103 Å². The lowest BCUT2D eigenvalue weighted by Crippen LogP contribution is -2.06. The summed E-state index contributed by atoms with van der Waals surface area (Å²) in [7, 11) is 0. The van der Waals surface area contributed by atoms with Gasteiger partial charge in [-0.1, -0.05) is 17.7 Å². The Balaban J connectivity index is 2.41. The molecule has 1 unspecified atom stereocenters. The van der Waals surface area contributed by atoms with E-state index in [1.807, 2.05) is 25.1 Å². The number of hydrogen-bond acceptors (Lipinski definition) is 4. The van der Waals surface area contributed by atoms with E-state index in [9.17, 15) is 0 Å². The molecule has 1 atom stereocenters. The van der Waals surface area contributed by atoms with Gasteiger partial charge in [0.15, 0.2) is 0 Å². The van der Waals surface area contributed by atoms with E-state index in [2.05, 4.69) is 10.1 Å². The summed E-state index contributed by atoms with van der Waals surface area (Å²) in [4.78, 5) is 3.82. The van der Waals surface area contributed by atoms with Gasteiger partial charge in [0.05, 0.1) is 5.69 Å². The molecule has 5 nitrogen and oxygen atoms in total. The standard InChI is InChI=1S/C11H10ClN5/c1-7(14)9-3-2-8(4-10(9)12)17-6-15-11(5-13)16-17/h2-4,6-7H,14H2,1H3. The average Bonchev–Trinajstić information content (AvgIpc) is 2.76. The summed E-state index contributed by atoms with van der Waals surface area (Å²) in [5, 5.41) is 13.2. The number of rotatable bonds is 2. The van der Waals surface area contributed by atoms with E-state index < -0.39 is 0 Å². The average molecular weight is 248 g/mol. The fraction of sp³-hybridized carbons (Fsp3) is 0.182. The molecule has 0 aliphatic rings. The first-order chi connectivity index (χ1) is 8.11. The van der Waals surface area contributed by atoms with Crippen molar-refractivity contribution in [2.45, 2.75) is 13.0 Å². The zero-order chi connectivity index (χ0) is 12.4. The molecular formula is C11H10ClN5. The fourth-order valence-corrected chi connectivity index (χ4v) is 1.81. The van der Waals surface area contributed by atoms with Crippen LogP contribution >= 0.6 is 11.6 Å². The maximum absolute atomic E-state index is 8.64. The number of halogens is 1. The predicted octanol–water partition coefficient (Wildman–Crippen LogP) is 1.81. The third-order valence-electron chi connectivity index (χ3n) is 2.33. The number of nitrogens with zero attached hydrogens (tertiary/aromatic N) is 4. The Morgan fingerprint density at radius 3 is 2.82 bits per heavy atom. The van der Waals surface area contributed by atoms with Gasteiger partial charge in [-0.15, -0.1) is 5.10 Å². The van der Waals surface area contributed by atoms with Crippen LogP contribution in [0.1, 0.15) is 24.4 Å². The minimum absolute atomic E-state index is 0.123. The number of aromatic nitrogens is 3. The van der Waals surface area contributed by atoms with Crippen LogP contribution in [0.3, 0.4) is 0 Å². The highest BCUT2D eigenvalue weighted by atomic mass is 35.5. The van der Waals surface area contributed by atoms with Crippen molar-refractivity contribution in [3.8, 4) is 11.8 Å². The van der Waals surface area contributed by atoms with Gasteiger partial charge in [0.2, 0.25) is 0 Å². The smallest absolute Gasteiger partial charge is 0.252 e. The summed E-state index contributed by atoms with van der Waals surface area (Å²) < 4.78 is 1.50. The third kappa shape index (κ3) is 2.28. The Bertz CT molecular complexity index is 582. The van der Waals surface area contributed by atoms with Crippen molar-refractivity contribution in [2.24, 2.45) is 5.73 Å². The van der Waals surface area contributed by atoms with E-state index in [0.717, 1.165) is 11.3 Å².